The Hall–Kier alpha value is -0.910. The van der Waals surface area contributed by atoms with E-state index in [4.69, 9.17) is 0 Å². The molecule has 0 aliphatic carbocycles. The number of hydrogen-bond acceptors (Lipinski definition) is 2. The molecule has 0 saturated heterocycles. The highest BCUT2D eigenvalue weighted by Crippen LogP contribution is 2.13. The summed E-state index contributed by atoms with van der Waals surface area (Å²) in [6.07, 6.45) is 0. The predicted molar refractivity (Wildman–Crippen MR) is 55.1 cm³/mol. The number of rotatable bonds is 0. The Morgan fingerprint density at radius 1 is 1.25 bits per heavy atom. The topological polar surface area (TPSA) is 45.8 Å². The van der Waals surface area contributed by atoms with Gasteiger partial charge in [0.25, 0.3) is 5.56 Å². The van der Waals surface area contributed by atoms with Gasteiger partial charge in [-0.2, -0.15) is 5.10 Å². The maximum Gasteiger partial charge on any atom is 0.272 e. The van der Waals surface area contributed by atoms with Crippen LogP contribution >= 0.6 is 22.6 Å². The van der Waals surface area contributed by atoms with Crippen LogP contribution in [0.15, 0.2) is 29.1 Å². The van der Waals surface area contributed by atoms with E-state index < -0.39 is 0 Å². The molecule has 0 amide bonds. The minimum absolute atomic E-state index is 0.133. The van der Waals surface area contributed by atoms with E-state index in [1.165, 1.54) is 0 Å². The first-order chi connectivity index (χ1) is 5.79. The van der Waals surface area contributed by atoms with Gasteiger partial charge < -0.3 is 0 Å². The standard InChI is InChI=1S/C8H5IN2O/c9-7-5-3-1-2-4-6(5)8(12)11-10-7/h1-4H,(H,11,12). The summed E-state index contributed by atoms with van der Waals surface area (Å²) in [6.45, 7) is 0. The fraction of sp³-hybridized carbons (Fsp3) is 0. The Morgan fingerprint density at radius 3 is 2.58 bits per heavy atom. The van der Waals surface area contributed by atoms with E-state index in [-0.39, 0.29) is 5.56 Å². The van der Waals surface area contributed by atoms with E-state index in [2.05, 4.69) is 32.8 Å². The number of benzene rings is 1. The molecule has 2 aromatic rings. The molecule has 0 aliphatic rings. The van der Waals surface area contributed by atoms with Crippen LogP contribution in [0.3, 0.4) is 0 Å². The molecule has 1 aromatic heterocycles. The van der Waals surface area contributed by atoms with Gasteiger partial charge in [-0.3, -0.25) is 4.79 Å². The van der Waals surface area contributed by atoms with Gasteiger partial charge >= 0.3 is 0 Å². The second-order valence-corrected chi connectivity index (χ2v) is 3.41. The summed E-state index contributed by atoms with van der Waals surface area (Å²) in [5.41, 5.74) is -0.133. The Morgan fingerprint density at radius 2 is 1.92 bits per heavy atom. The number of halogens is 1. The Balaban J connectivity index is 3.05. The maximum absolute atomic E-state index is 11.2. The summed E-state index contributed by atoms with van der Waals surface area (Å²) in [4.78, 5) is 11.2. The summed E-state index contributed by atoms with van der Waals surface area (Å²) in [6, 6.07) is 7.41. The van der Waals surface area contributed by atoms with Gasteiger partial charge in [0.15, 0.2) is 0 Å². The second kappa shape index (κ2) is 2.85. The molecule has 12 heavy (non-hydrogen) atoms. The molecule has 3 nitrogen and oxygen atoms in total. The van der Waals surface area contributed by atoms with Crippen molar-refractivity contribution >= 4 is 33.4 Å². The molecule has 0 bridgehead atoms. The van der Waals surface area contributed by atoms with Crippen LogP contribution in [0.1, 0.15) is 0 Å². The van der Waals surface area contributed by atoms with Gasteiger partial charge in [0, 0.05) is 5.39 Å². The number of aromatic amines is 1. The lowest BCUT2D eigenvalue weighted by Gasteiger charge is -1.96. The third-order valence-corrected chi connectivity index (χ3v) is 2.47. The van der Waals surface area contributed by atoms with Crippen molar-refractivity contribution in [2.24, 2.45) is 0 Å². The molecular formula is C8H5IN2O. The van der Waals surface area contributed by atoms with Crippen molar-refractivity contribution in [2.45, 2.75) is 0 Å². The van der Waals surface area contributed by atoms with Gasteiger partial charge in [-0.1, -0.05) is 18.2 Å². The van der Waals surface area contributed by atoms with Crippen molar-refractivity contribution in [3.63, 3.8) is 0 Å². The largest absolute Gasteiger partial charge is 0.272 e. The Kier molecular flexibility index (Phi) is 1.84. The first kappa shape index (κ1) is 7.72. The summed E-state index contributed by atoms with van der Waals surface area (Å²) < 4.78 is 0.822. The van der Waals surface area contributed by atoms with Crippen LogP contribution in [0, 0.1) is 3.70 Å². The average Bonchev–Trinajstić information content (AvgIpc) is 2.12. The van der Waals surface area contributed by atoms with E-state index in [9.17, 15) is 4.79 Å². The lowest BCUT2D eigenvalue weighted by Crippen LogP contribution is -2.09. The maximum atomic E-state index is 11.2. The number of aromatic nitrogens is 2. The third kappa shape index (κ3) is 1.12. The SMILES string of the molecule is O=c1[nH]nc(I)c2ccccc12. The molecule has 2 rings (SSSR count). The molecule has 1 aromatic carbocycles. The molecule has 0 aliphatic heterocycles. The number of nitrogens with one attached hydrogen (secondary N) is 1. The normalized spacial score (nSPS) is 10.4. The zero-order chi connectivity index (χ0) is 8.55. The number of hydrogen-bond donors (Lipinski definition) is 1. The van der Waals surface area contributed by atoms with Gasteiger partial charge in [-0.05, 0) is 28.7 Å². The Labute approximate surface area is 81.9 Å². The van der Waals surface area contributed by atoms with E-state index in [0.717, 1.165) is 9.09 Å². The van der Waals surface area contributed by atoms with Crippen LogP contribution in [-0.2, 0) is 0 Å². The zero-order valence-electron chi connectivity index (χ0n) is 6.04. The van der Waals surface area contributed by atoms with E-state index in [1.807, 2.05) is 18.2 Å². The second-order valence-electron chi connectivity index (χ2n) is 2.39. The fourth-order valence-electron chi connectivity index (χ4n) is 1.08. The molecule has 0 radical (unpaired) electrons. The molecule has 0 saturated carbocycles. The molecular weight excluding hydrogens is 267 g/mol. The lowest BCUT2D eigenvalue weighted by atomic mass is 10.2. The first-order valence-electron chi connectivity index (χ1n) is 3.42. The van der Waals surface area contributed by atoms with Gasteiger partial charge in [-0.25, -0.2) is 5.10 Å². The van der Waals surface area contributed by atoms with Crippen molar-refractivity contribution < 1.29 is 0 Å². The summed E-state index contributed by atoms with van der Waals surface area (Å²) >= 11 is 2.09. The van der Waals surface area contributed by atoms with Crippen molar-refractivity contribution in [1.82, 2.24) is 10.2 Å². The fourth-order valence-corrected chi connectivity index (χ4v) is 1.67. The predicted octanol–water partition coefficient (Wildman–Crippen LogP) is 1.53. The van der Waals surface area contributed by atoms with Crippen LogP contribution in [0.25, 0.3) is 10.8 Å². The minimum atomic E-state index is -0.133. The van der Waals surface area contributed by atoms with Gasteiger partial charge in [0.2, 0.25) is 0 Å². The van der Waals surface area contributed by atoms with Crippen molar-refractivity contribution in [3.8, 4) is 0 Å². The van der Waals surface area contributed by atoms with Crippen molar-refractivity contribution in [1.29, 1.82) is 0 Å². The Bertz CT molecular complexity index is 478. The quantitative estimate of drug-likeness (QED) is 0.739. The molecule has 1 N–H and O–H groups in total. The summed E-state index contributed by atoms with van der Waals surface area (Å²) in [5.74, 6) is 0. The molecule has 60 valence electrons. The zero-order valence-corrected chi connectivity index (χ0v) is 8.20. The van der Waals surface area contributed by atoms with Crippen LogP contribution < -0.4 is 5.56 Å². The van der Waals surface area contributed by atoms with Crippen LogP contribution in [-0.4, -0.2) is 10.2 Å². The third-order valence-electron chi connectivity index (χ3n) is 1.65. The number of H-pyrrole nitrogens is 1. The molecule has 0 fully saturated rings. The summed E-state index contributed by atoms with van der Waals surface area (Å²) in [7, 11) is 0. The van der Waals surface area contributed by atoms with E-state index >= 15 is 0 Å². The van der Waals surface area contributed by atoms with Gasteiger partial charge in [0.05, 0.1) is 5.39 Å². The van der Waals surface area contributed by atoms with Crippen LogP contribution in [0.5, 0.6) is 0 Å². The minimum Gasteiger partial charge on any atom is -0.267 e. The highest BCUT2D eigenvalue weighted by Gasteiger charge is 2.00. The van der Waals surface area contributed by atoms with Crippen LogP contribution in [0.2, 0.25) is 0 Å². The van der Waals surface area contributed by atoms with E-state index in [0.29, 0.717) is 5.39 Å². The first-order valence-corrected chi connectivity index (χ1v) is 4.50. The molecule has 1 heterocycles. The highest BCUT2D eigenvalue weighted by molar-refractivity contribution is 14.1. The molecule has 0 unspecified atom stereocenters. The monoisotopic (exact) mass is 272 g/mol. The summed E-state index contributed by atoms with van der Waals surface area (Å²) in [5, 5.41) is 7.88. The molecule has 4 heteroatoms. The number of nitrogens with zero attached hydrogens (tertiary/aromatic N) is 1. The highest BCUT2D eigenvalue weighted by atomic mass is 127. The van der Waals surface area contributed by atoms with Gasteiger partial charge in [-0.15, -0.1) is 0 Å². The van der Waals surface area contributed by atoms with Crippen molar-refractivity contribution in [2.75, 3.05) is 0 Å². The number of fused-ring (bicyclic) bond motifs is 1. The van der Waals surface area contributed by atoms with Gasteiger partial charge in [0.1, 0.15) is 3.70 Å². The average molecular weight is 272 g/mol. The van der Waals surface area contributed by atoms with Crippen molar-refractivity contribution in [3.05, 3.63) is 38.3 Å². The smallest absolute Gasteiger partial charge is 0.267 e. The van der Waals surface area contributed by atoms with E-state index in [1.54, 1.807) is 6.07 Å². The molecule has 0 spiro atoms. The molecule has 0 atom stereocenters. The van der Waals surface area contributed by atoms with Crippen LogP contribution in [0.4, 0.5) is 0 Å². The lowest BCUT2D eigenvalue weighted by molar-refractivity contribution is 0.988.